The van der Waals surface area contributed by atoms with Crippen molar-refractivity contribution in [1.82, 2.24) is 19.5 Å². The van der Waals surface area contributed by atoms with E-state index in [-0.39, 0.29) is 34.4 Å². The maximum atomic E-state index is 12.7. The van der Waals surface area contributed by atoms with Crippen LogP contribution in [0.5, 0.6) is 0 Å². The number of benzene rings is 1. The van der Waals surface area contributed by atoms with Crippen LogP contribution in [0.1, 0.15) is 70.3 Å². The number of nitrogens with one attached hydrogen (secondary N) is 1. The molecule has 2 N–H and O–H groups in total. The van der Waals surface area contributed by atoms with Crippen molar-refractivity contribution in [2.45, 2.75) is 38.1 Å². The van der Waals surface area contributed by atoms with E-state index in [1.54, 1.807) is 11.6 Å². The second kappa shape index (κ2) is 9.64. The second-order valence-corrected chi connectivity index (χ2v) is 9.61. The maximum Gasteiger partial charge on any atom is 0.354 e. The van der Waals surface area contributed by atoms with Gasteiger partial charge in [-0.05, 0) is 67.0 Å². The number of carboxylic acids is 1. The summed E-state index contributed by atoms with van der Waals surface area (Å²) in [6, 6.07) is 10.2. The van der Waals surface area contributed by atoms with E-state index >= 15 is 0 Å². The van der Waals surface area contributed by atoms with Gasteiger partial charge in [-0.2, -0.15) is 5.26 Å². The molecule has 1 unspecified atom stereocenters. The van der Waals surface area contributed by atoms with E-state index in [2.05, 4.69) is 20.3 Å². The van der Waals surface area contributed by atoms with Crippen molar-refractivity contribution in [1.29, 1.82) is 5.26 Å². The van der Waals surface area contributed by atoms with Gasteiger partial charge in [-0.1, -0.05) is 17.7 Å². The highest BCUT2D eigenvalue weighted by atomic mass is 35.5. The Morgan fingerprint density at radius 2 is 2.00 bits per heavy atom. The van der Waals surface area contributed by atoms with Gasteiger partial charge in [-0.15, -0.1) is 0 Å². The van der Waals surface area contributed by atoms with Gasteiger partial charge < -0.3 is 15.0 Å². The highest BCUT2D eigenvalue weighted by Crippen LogP contribution is 2.39. The molecule has 1 aliphatic carbocycles. The molecule has 1 atom stereocenters. The Kier molecular flexibility index (Phi) is 6.36. The summed E-state index contributed by atoms with van der Waals surface area (Å²) < 4.78 is 1.56. The first-order chi connectivity index (χ1) is 17.7. The molecule has 10 heteroatoms. The van der Waals surface area contributed by atoms with Crippen LogP contribution in [0, 0.1) is 11.3 Å². The zero-order valence-corrected chi connectivity index (χ0v) is 21.0. The second-order valence-electron chi connectivity index (χ2n) is 9.25. The molecule has 186 valence electrons. The van der Waals surface area contributed by atoms with E-state index in [0.717, 1.165) is 22.0 Å². The van der Waals surface area contributed by atoms with E-state index in [1.807, 2.05) is 43.6 Å². The summed E-state index contributed by atoms with van der Waals surface area (Å²) >= 11 is 6.09. The molecule has 0 amide bonds. The highest BCUT2D eigenvalue weighted by Gasteiger charge is 2.24. The fraction of sp³-hybridized carbons (Fsp3) is 0.259. The van der Waals surface area contributed by atoms with Gasteiger partial charge in [-0.25, -0.2) is 19.7 Å². The largest absolute Gasteiger partial charge is 0.477 e. The Balaban J connectivity index is 1.51. The molecule has 1 fully saturated rings. The van der Waals surface area contributed by atoms with Gasteiger partial charge in [0.15, 0.2) is 0 Å². The minimum atomic E-state index is -1.23. The normalized spacial score (nSPS) is 13.8. The molecule has 0 bridgehead atoms. The molecule has 5 rings (SSSR count). The molecule has 0 aliphatic heterocycles. The molecule has 4 aromatic rings. The van der Waals surface area contributed by atoms with Gasteiger partial charge >= 0.3 is 5.97 Å². The molecule has 1 aliphatic rings. The van der Waals surface area contributed by atoms with Crippen LogP contribution in [0.2, 0.25) is 5.15 Å². The third-order valence-electron chi connectivity index (χ3n) is 6.59. The molecule has 1 saturated carbocycles. The number of aromatic carboxylic acids is 1. The quantitative estimate of drug-likeness (QED) is 0.342. The minimum Gasteiger partial charge on any atom is -0.477 e. The number of hydrogen-bond donors (Lipinski definition) is 2. The van der Waals surface area contributed by atoms with Gasteiger partial charge in [0.1, 0.15) is 22.7 Å². The number of nitriles is 1. The third-order valence-corrected chi connectivity index (χ3v) is 6.87. The lowest BCUT2D eigenvalue weighted by molar-refractivity contribution is 0.0690. The number of fused-ring (bicyclic) bond motifs is 1. The average Bonchev–Trinajstić information content (AvgIpc) is 3.72. The van der Waals surface area contributed by atoms with Gasteiger partial charge in [0.2, 0.25) is 0 Å². The summed E-state index contributed by atoms with van der Waals surface area (Å²) in [7, 11) is 1.70. The lowest BCUT2D eigenvalue weighted by Gasteiger charge is -2.18. The van der Waals surface area contributed by atoms with Crippen molar-refractivity contribution in [3.63, 3.8) is 0 Å². The lowest BCUT2D eigenvalue weighted by Crippen LogP contribution is -2.19. The molecule has 9 nitrogen and oxygen atoms in total. The number of aryl methyl sites for hydroxylation is 1. The molecule has 37 heavy (non-hydrogen) atoms. The first-order valence-corrected chi connectivity index (χ1v) is 12.2. The molecule has 0 saturated heterocycles. The predicted molar refractivity (Wildman–Crippen MR) is 139 cm³/mol. The highest BCUT2D eigenvalue weighted by molar-refractivity contribution is 6.30. The van der Waals surface area contributed by atoms with Crippen molar-refractivity contribution in [3.8, 4) is 6.07 Å². The number of rotatable bonds is 7. The van der Waals surface area contributed by atoms with Crippen LogP contribution in [-0.2, 0) is 13.5 Å². The van der Waals surface area contributed by atoms with E-state index in [9.17, 15) is 20.0 Å². The SMILES string of the molecule is CC(Nc1cc(=O)n(C)c2ccc(Cc3cc(C(=O)O)nc(Cl)c3C#N)cc12)c1ncc(C2CC2)cn1. The van der Waals surface area contributed by atoms with E-state index in [0.29, 0.717) is 23.0 Å². The predicted octanol–water partition coefficient (Wildman–Crippen LogP) is 4.59. The first-order valence-electron chi connectivity index (χ1n) is 11.8. The summed E-state index contributed by atoms with van der Waals surface area (Å²) in [5.41, 5.74) is 3.49. The zero-order chi connectivity index (χ0) is 26.3. The number of hydrogen-bond acceptors (Lipinski definition) is 7. The van der Waals surface area contributed by atoms with Crippen molar-refractivity contribution in [2.24, 2.45) is 7.05 Å². The summed E-state index contributed by atoms with van der Waals surface area (Å²) in [6.07, 6.45) is 6.35. The van der Waals surface area contributed by atoms with Crippen molar-refractivity contribution in [3.05, 3.63) is 92.0 Å². The zero-order valence-electron chi connectivity index (χ0n) is 20.2. The topological polar surface area (TPSA) is 134 Å². The number of aromatic nitrogens is 4. The Hall–Kier alpha value is -4.29. The summed E-state index contributed by atoms with van der Waals surface area (Å²) in [5, 5.41) is 23.0. The number of carbonyl (C=O) groups is 1. The molecule has 3 heterocycles. The summed E-state index contributed by atoms with van der Waals surface area (Å²) in [6.45, 7) is 1.94. The number of carboxylic acid groups (broad SMARTS) is 1. The van der Waals surface area contributed by atoms with E-state index in [1.165, 1.54) is 25.0 Å². The van der Waals surface area contributed by atoms with Crippen LogP contribution in [0.25, 0.3) is 10.9 Å². The fourth-order valence-corrected chi connectivity index (χ4v) is 4.64. The Morgan fingerprint density at radius 3 is 2.65 bits per heavy atom. The molecular formula is C27H23ClN6O3. The number of pyridine rings is 2. The molecule has 3 aromatic heterocycles. The summed E-state index contributed by atoms with van der Waals surface area (Å²) in [4.78, 5) is 37.0. The van der Waals surface area contributed by atoms with Crippen LogP contribution < -0.4 is 10.9 Å². The van der Waals surface area contributed by atoms with Gasteiger partial charge in [-0.3, -0.25) is 4.79 Å². The Morgan fingerprint density at radius 1 is 1.27 bits per heavy atom. The number of nitrogens with zero attached hydrogens (tertiary/aromatic N) is 5. The fourth-order valence-electron chi connectivity index (χ4n) is 4.38. The van der Waals surface area contributed by atoms with Crippen LogP contribution in [-0.4, -0.2) is 30.6 Å². The maximum absolute atomic E-state index is 12.7. The van der Waals surface area contributed by atoms with Crippen molar-refractivity contribution in [2.75, 3.05) is 5.32 Å². The third kappa shape index (κ3) is 4.88. The van der Waals surface area contributed by atoms with Crippen LogP contribution in [0.15, 0.2) is 47.5 Å². The van der Waals surface area contributed by atoms with E-state index in [4.69, 9.17) is 11.6 Å². The lowest BCUT2D eigenvalue weighted by atomic mass is 9.99. The van der Waals surface area contributed by atoms with Crippen LogP contribution in [0.4, 0.5) is 5.69 Å². The van der Waals surface area contributed by atoms with E-state index < -0.39 is 5.97 Å². The van der Waals surface area contributed by atoms with Gasteiger partial charge in [0, 0.05) is 36.6 Å². The first kappa shape index (κ1) is 24.4. The Labute approximate surface area is 217 Å². The van der Waals surface area contributed by atoms with Crippen LogP contribution in [0.3, 0.4) is 0 Å². The Bertz CT molecular complexity index is 1640. The van der Waals surface area contributed by atoms with Gasteiger partial charge in [0.25, 0.3) is 5.56 Å². The van der Waals surface area contributed by atoms with Gasteiger partial charge in [0.05, 0.1) is 17.1 Å². The minimum absolute atomic E-state index is 0.131. The van der Waals surface area contributed by atoms with Crippen molar-refractivity contribution < 1.29 is 9.90 Å². The number of halogens is 1. The van der Waals surface area contributed by atoms with Crippen molar-refractivity contribution >= 4 is 34.2 Å². The smallest absolute Gasteiger partial charge is 0.354 e. The monoisotopic (exact) mass is 514 g/mol. The number of anilines is 1. The molecule has 0 spiro atoms. The average molecular weight is 515 g/mol. The summed E-state index contributed by atoms with van der Waals surface area (Å²) in [5.74, 6) is -0.0325. The molecular weight excluding hydrogens is 492 g/mol. The molecule has 0 radical (unpaired) electrons. The molecule has 1 aromatic carbocycles. The van der Waals surface area contributed by atoms with Crippen LogP contribution >= 0.6 is 11.6 Å². The standard InChI is InChI=1S/C27H23ClN6O3/c1-14(26-30-12-18(13-31-26)16-4-5-16)32-21-10-24(35)34(2)23-6-3-15(8-19(21)23)7-17-9-22(27(36)37)33-25(28)20(17)11-29/h3,6,8-10,12-14,16,32H,4-5,7H2,1-2H3,(H,36,37).